The van der Waals surface area contributed by atoms with Gasteiger partial charge in [0.05, 0.1) is 6.33 Å². The smallest absolute Gasteiger partial charge is 0.263 e. The Morgan fingerprint density at radius 3 is 2.42 bits per heavy atom. The third-order valence-corrected chi connectivity index (χ3v) is 6.80. The number of halogens is 1. The largest absolute Gasteiger partial charge is 0.324 e. The molecule has 1 aliphatic heterocycles. The molecule has 8 heteroatoms. The molecule has 0 saturated carbocycles. The van der Waals surface area contributed by atoms with Crippen molar-refractivity contribution in [3.63, 3.8) is 0 Å². The molecule has 1 aromatic heterocycles. The number of imidazole rings is 1. The molecule has 24 heavy (non-hydrogen) atoms. The fraction of sp³-hybridized carbons (Fsp3) is 0.438. The van der Waals surface area contributed by atoms with Gasteiger partial charge in [-0.25, -0.2) is 13.4 Å². The van der Waals surface area contributed by atoms with Crippen LogP contribution in [0.5, 0.6) is 0 Å². The number of piperazine rings is 1. The van der Waals surface area contributed by atoms with Crippen molar-refractivity contribution >= 4 is 21.6 Å². The molecular weight excluding hydrogens is 348 g/mol. The highest BCUT2D eigenvalue weighted by atomic mass is 35.5. The minimum Gasteiger partial charge on any atom is -0.324 e. The quantitative estimate of drug-likeness (QED) is 0.826. The average molecular weight is 369 g/mol. The molecule has 1 fully saturated rings. The summed E-state index contributed by atoms with van der Waals surface area (Å²) >= 11 is 6.05. The van der Waals surface area contributed by atoms with Crippen LogP contribution in [-0.4, -0.2) is 53.4 Å². The van der Waals surface area contributed by atoms with E-state index in [0.29, 0.717) is 26.2 Å². The van der Waals surface area contributed by atoms with Gasteiger partial charge in [-0.15, -0.1) is 0 Å². The molecule has 1 aromatic carbocycles. The van der Waals surface area contributed by atoms with Gasteiger partial charge in [0, 0.05) is 39.8 Å². The van der Waals surface area contributed by atoms with Gasteiger partial charge in [-0.3, -0.25) is 4.90 Å². The first-order chi connectivity index (χ1) is 11.4. The molecule has 6 nitrogen and oxygen atoms in total. The summed E-state index contributed by atoms with van der Waals surface area (Å²) in [6.45, 7) is 5.21. The van der Waals surface area contributed by atoms with E-state index in [9.17, 15) is 8.42 Å². The van der Waals surface area contributed by atoms with Gasteiger partial charge in [0.15, 0.2) is 0 Å². The summed E-state index contributed by atoms with van der Waals surface area (Å²) < 4.78 is 28.3. The standard InChI is InChI=1S/C16H21ClN4O2S/c1-13-5-3-4-6-14(13)11-20-7-9-21(10-8-20)24(22,23)16-15(17)19(2)12-18-16/h3-6,12H,7-11H2,1-2H3. The van der Waals surface area contributed by atoms with Gasteiger partial charge in [0.25, 0.3) is 10.0 Å². The Balaban J connectivity index is 1.67. The molecule has 2 aromatic rings. The Morgan fingerprint density at radius 1 is 1.17 bits per heavy atom. The van der Waals surface area contributed by atoms with E-state index in [4.69, 9.17) is 11.6 Å². The molecule has 1 aliphatic rings. The summed E-state index contributed by atoms with van der Waals surface area (Å²) in [6, 6.07) is 8.28. The van der Waals surface area contributed by atoms with Gasteiger partial charge in [-0.1, -0.05) is 35.9 Å². The second kappa shape index (κ2) is 6.84. The van der Waals surface area contributed by atoms with Crippen molar-refractivity contribution in [3.05, 3.63) is 46.9 Å². The zero-order valence-electron chi connectivity index (χ0n) is 13.8. The van der Waals surface area contributed by atoms with E-state index in [0.717, 1.165) is 6.54 Å². The molecule has 0 aliphatic carbocycles. The molecule has 3 rings (SSSR count). The Labute approximate surface area is 147 Å². The van der Waals surface area contributed by atoms with E-state index in [1.807, 2.05) is 12.1 Å². The lowest BCUT2D eigenvalue weighted by molar-refractivity contribution is 0.181. The van der Waals surface area contributed by atoms with Crippen molar-refractivity contribution in [2.75, 3.05) is 26.2 Å². The number of nitrogens with zero attached hydrogens (tertiary/aromatic N) is 4. The molecule has 0 unspecified atom stereocenters. The van der Waals surface area contributed by atoms with Crippen LogP contribution in [0.3, 0.4) is 0 Å². The van der Waals surface area contributed by atoms with Gasteiger partial charge >= 0.3 is 0 Å². The molecule has 0 atom stereocenters. The summed E-state index contributed by atoms with van der Waals surface area (Å²) in [5.74, 6) is 0. The first-order valence-corrected chi connectivity index (χ1v) is 9.65. The lowest BCUT2D eigenvalue weighted by Crippen LogP contribution is -2.48. The van der Waals surface area contributed by atoms with Crippen LogP contribution in [0.15, 0.2) is 35.6 Å². The van der Waals surface area contributed by atoms with Crippen LogP contribution in [0.25, 0.3) is 0 Å². The first kappa shape index (κ1) is 17.4. The highest BCUT2D eigenvalue weighted by Crippen LogP contribution is 2.24. The molecule has 0 radical (unpaired) electrons. The molecule has 0 bridgehead atoms. The lowest BCUT2D eigenvalue weighted by atomic mass is 10.1. The molecule has 0 amide bonds. The molecule has 1 saturated heterocycles. The second-order valence-electron chi connectivity index (χ2n) is 6.06. The predicted molar refractivity (Wildman–Crippen MR) is 93.4 cm³/mol. The van der Waals surface area contributed by atoms with Crippen LogP contribution in [0.4, 0.5) is 0 Å². The minimum absolute atomic E-state index is 0.0565. The number of aromatic nitrogens is 2. The number of sulfonamides is 1. The molecule has 2 heterocycles. The van der Waals surface area contributed by atoms with E-state index in [-0.39, 0.29) is 10.2 Å². The monoisotopic (exact) mass is 368 g/mol. The SMILES string of the molecule is Cc1ccccc1CN1CCN(S(=O)(=O)c2ncn(C)c2Cl)CC1. The van der Waals surface area contributed by atoms with Crippen LogP contribution < -0.4 is 0 Å². The van der Waals surface area contributed by atoms with E-state index < -0.39 is 10.0 Å². The van der Waals surface area contributed by atoms with Crippen molar-refractivity contribution in [1.82, 2.24) is 18.8 Å². The zero-order valence-corrected chi connectivity index (χ0v) is 15.4. The van der Waals surface area contributed by atoms with Crippen molar-refractivity contribution in [2.45, 2.75) is 18.5 Å². The second-order valence-corrected chi connectivity index (χ2v) is 8.27. The number of hydrogen-bond acceptors (Lipinski definition) is 4. The van der Waals surface area contributed by atoms with Gasteiger partial charge in [0.2, 0.25) is 5.03 Å². The van der Waals surface area contributed by atoms with Crippen LogP contribution in [-0.2, 0) is 23.6 Å². The van der Waals surface area contributed by atoms with Gasteiger partial charge in [0.1, 0.15) is 5.15 Å². The minimum atomic E-state index is -3.63. The van der Waals surface area contributed by atoms with Gasteiger partial charge in [-0.05, 0) is 18.1 Å². The summed E-state index contributed by atoms with van der Waals surface area (Å²) in [6.07, 6.45) is 1.42. The van der Waals surface area contributed by atoms with Crippen molar-refractivity contribution in [3.8, 4) is 0 Å². The van der Waals surface area contributed by atoms with Gasteiger partial charge in [-0.2, -0.15) is 4.31 Å². The number of benzene rings is 1. The highest BCUT2D eigenvalue weighted by Gasteiger charge is 2.32. The lowest BCUT2D eigenvalue weighted by Gasteiger charge is -2.33. The van der Waals surface area contributed by atoms with E-state index in [1.54, 1.807) is 7.05 Å². The summed E-state index contributed by atoms with van der Waals surface area (Å²) in [5, 5.41) is 0.0939. The fourth-order valence-electron chi connectivity index (χ4n) is 2.85. The topological polar surface area (TPSA) is 58.4 Å². The Morgan fingerprint density at radius 2 is 1.83 bits per heavy atom. The third kappa shape index (κ3) is 3.35. The third-order valence-electron chi connectivity index (χ3n) is 4.41. The van der Waals surface area contributed by atoms with Crippen LogP contribution in [0.2, 0.25) is 5.15 Å². The number of rotatable bonds is 4. The Kier molecular flexibility index (Phi) is 4.96. The number of hydrogen-bond donors (Lipinski definition) is 0. The maximum absolute atomic E-state index is 12.7. The van der Waals surface area contributed by atoms with Gasteiger partial charge < -0.3 is 4.57 Å². The average Bonchev–Trinajstić information content (AvgIpc) is 2.90. The normalized spacial score (nSPS) is 17.3. The molecule has 0 N–H and O–H groups in total. The van der Waals surface area contributed by atoms with Crippen LogP contribution in [0, 0.1) is 6.92 Å². The summed E-state index contributed by atoms with van der Waals surface area (Å²) in [7, 11) is -1.96. The van der Waals surface area contributed by atoms with Crippen molar-refractivity contribution in [1.29, 1.82) is 0 Å². The highest BCUT2D eigenvalue weighted by molar-refractivity contribution is 7.89. The zero-order chi connectivity index (χ0) is 17.3. The molecule has 0 spiro atoms. The molecular formula is C16H21ClN4O2S. The summed E-state index contributed by atoms with van der Waals surface area (Å²) in [4.78, 5) is 6.22. The van der Waals surface area contributed by atoms with Crippen molar-refractivity contribution in [2.24, 2.45) is 7.05 Å². The van der Waals surface area contributed by atoms with E-state index >= 15 is 0 Å². The van der Waals surface area contributed by atoms with Crippen LogP contribution in [0.1, 0.15) is 11.1 Å². The van der Waals surface area contributed by atoms with Crippen molar-refractivity contribution < 1.29 is 8.42 Å². The maximum atomic E-state index is 12.7. The van der Waals surface area contributed by atoms with E-state index in [1.165, 1.54) is 26.3 Å². The van der Waals surface area contributed by atoms with E-state index in [2.05, 4.69) is 28.9 Å². The number of aryl methyl sites for hydroxylation is 2. The first-order valence-electron chi connectivity index (χ1n) is 7.83. The maximum Gasteiger partial charge on any atom is 0.263 e. The summed E-state index contributed by atoms with van der Waals surface area (Å²) in [5.41, 5.74) is 2.54. The fourth-order valence-corrected chi connectivity index (χ4v) is 4.66. The molecule has 130 valence electrons. The Hall–Kier alpha value is -1.41. The van der Waals surface area contributed by atoms with Crippen LogP contribution >= 0.6 is 11.6 Å². The predicted octanol–water partition coefficient (Wildman–Crippen LogP) is 1.89. The Bertz CT molecular complexity index is 826.